The number of Topliss-reactive ketones (excluding diaryl/α,β-unsaturated/α-hetero) is 3. The minimum absolute atomic E-state index is 0.222. The second-order valence-corrected chi connectivity index (χ2v) is 11.9. The Morgan fingerprint density at radius 1 is 0.868 bits per heavy atom. The summed E-state index contributed by atoms with van der Waals surface area (Å²) < 4.78 is 0. The summed E-state index contributed by atoms with van der Waals surface area (Å²) in [4.78, 5) is 37.2. The van der Waals surface area contributed by atoms with E-state index in [1.54, 1.807) is 6.92 Å². The lowest BCUT2D eigenvalue weighted by atomic mass is 9.86. The van der Waals surface area contributed by atoms with E-state index in [1.807, 2.05) is 6.92 Å². The number of ketones is 3. The molecule has 0 radical (unpaired) electrons. The largest absolute Gasteiger partial charge is 0.330 e. The Morgan fingerprint density at radius 3 is 2.29 bits per heavy atom. The van der Waals surface area contributed by atoms with Crippen LogP contribution in [-0.2, 0) is 14.4 Å². The Morgan fingerprint density at radius 2 is 1.55 bits per heavy atom. The number of hydrogen-bond acceptors (Lipinski definition) is 6. The van der Waals surface area contributed by atoms with Crippen LogP contribution in [0.25, 0.3) is 0 Å². The SMILES string of the molecule is CC(=O)CCCCCCNC1(C)CCCCC/C=C\CCC[C@@](C)(C(=O)CCN)NCCCCCCC1=O. The average molecular weight is 534 g/mol. The predicted molar refractivity (Wildman–Crippen MR) is 159 cm³/mol. The van der Waals surface area contributed by atoms with Gasteiger partial charge in [0.1, 0.15) is 5.78 Å². The zero-order chi connectivity index (χ0) is 28.1. The van der Waals surface area contributed by atoms with Crippen LogP contribution in [0, 0.1) is 0 Å². The van der Waals surface area contributed by atoms with Crippen molar-refractivity contribution in [3.63, 3.8) is 0 Å². The van der Waals surface area contributed by atoms with E-state index in [9.17, 15) is 14.4 Å². The highest BCUT2D eigenvalue weighted by molar-refractivity contribution is 5.88. The van der Waals surface area contributed by atoms with E-state index in [2.05, 4.69) is 29.7 Å². The lowest BCUT2D eigenvalue weighted by Gasteiger charge is -2.30. The fourth-order valence-electron chi connectivity index (χ4n) is 5.41. The molecule has 0 aromatic carbocycles. The third-order valence-corrected chi connectivity index (χ3v) is 8.18. The molecule has 1 unspecified atom stereocenters. The van der Waals surface area contributed by atoms with Crippen LogP contribution in [0.3, 0.4) is 0 Å². The van der Waals surface area contributed by atoms with E-state index in [1.165, 1.54) is 0 Å². The van der Waals surface area contributed by atoms with Crippen molar-refractivity contribution in [3.8, 4) is 0 Å². The van der Waals surface area contributed by atoms with Crippen molar-refractivity contribution in [1.29, 1.82) is 0 Å². The van der Waals surface area contributed by atoms with Gasteiger partial charge in [-0.05, 0) is 105 Å². The molecule has 1 heterocycles. The molecule has 2 atom stereocenters. The van der Waals surface area contributed by atoms with Crippen LogP contribution in [0.5, 0.6) is 0 Å². The van der Waals surface area contributed by atoms with Crippen LogP contribution >= 0.6 is 0 Å². The summed E-state index contributed by atoms with van der Waals surface area (Å²) in [6.45, 7) is 7.89. The number of rotatable bonds is 11. The van der Waals surface area contributed by atoms with E-state index in [0.717, 1.165) is 116 Å². The second-order valence-electron chi connectivity index (χ2n) is 11.9. The first-order valence-electron chi connectivity index (χ1n) is 15.6. The van der Waals surface area contributed by atoms with Gasteiger partial charge in [0.25, 0.3) is 0 Å². The van der Waals surface area contributed by atoms with Crippen LogP contribution in [0.4, 0.5) is 0 Å². The molecule has 0 amide bonds. The molecule has 1 aliphatic heterocycles. The van der Waals surface area contributed by atoms with Crippen molar-refractivity contribution < 1.29 is 14.4 Å². The molecule has 0 aliphatic carbocycles. The van der Waals surface area contributed by atoms with E-state index < -0.39 is 11.1 Å². The van der Waals surface area contributed by atoms with Crippen molar-refractivity contribution in [2.75, 3.05) is 19.6 Å². The molecule has 0 spiro atoms. The standard InChI is InChI=1S/C32H59N3O3/c1-28(36)20-14-8-12-18-26-34-31(2)23-16-10-6-4-5-7-11-17-24-32(3,30(38)22-25-33)35-27-19-13-9-15-21-29(31)37/h5,7,34-35H,4,6,8-27,33H2,1-3H3/b7-5-/t31?,32-/m0/s1. The minimum Gasteiger partial charge on any atom is -0.330 e. The van der Waals surface area contributed by atoms with Crippen molar-refractivity contribution >= 4 is 17.3 Å². The Hall–Kier alpha value is -1.37. The molecule has 0 fully saturated rings. The van der Waals surface area contributed by atoms with Crippen molar-refractivity contribution in [2.45, 2.75) is 154 Å². The average Bonchev–Trinajstić information content (AvgIpc) is 2.88. The van der Waals surface area contributed by atoms with Gasteiger partial charge in [-0.15, -0.1) is 0 Å². The smallest absolute Gasteiger partial charge is 0.153 e. The van der Waals surface area contributed by atoms with Crippen LogP contribution in [0.1, 0.15) is 143 Å². The van der Waals surface area contributed by atoms with Crippen molar-refractivity contribution in [2.24, 2.45) is 5.73 Å². The molecule has 38 heavy (non-hydrogen) atoms. The lowest BCUT2D eigenvalue weighted by Crippen LogP contribution is -2.50. The third-order valence-electron chi connectivity index (χ3n) is 8.18. The number of nitrogens with two attached hydrogens (primary N) is 1. The molecule has 1 rings (SSSR count). The molecule has 220 valence electrons. The number of nitrogens with one attached hydrogen (secondary N) is 2. The van der Waals surface area contributed by atoms with Crippen LogP contribution in [-0.4, -0.2) is 48.1 Å². The maximum atomic E-state index is 13.3. The van der Waals surface area contributed by atoms with Gasteiger partial charge in [0.2, 0.25) is 0 Å². The molecule has 4 N–H and O–H groups in total. The van der Waals surface area contributed by atoms with Gasteiger partial charge < -0.3 is 21.2 Å². The Kier molecular flexibility index (Phi) is 18.7. The van der Waals surface area contributed by atoms with Gasteiger partial charge in [-0.1, -0.05) is 50.7 Å². The summed E-state index contributed by atoms with van der Waals surface area (Å²) in [5.74, 6) is 0.841. The summed E-state index contributed by atoms with van der Waals surface area (Å²) in [5.41, 5.74) is 4.74. The number of carbonyl (C=O) groups is 3. The summed E-state index contributed by atoms with van der Waals surface area (Å²) in [7, 11) is 0. The lowest BCUT2D eigenvalue weighted by molar-refractivity contribution is -0.126. The van der Waals surface area contributed by atoms with E-state index in [4.69, 9.17) is 5.73 Å². The normalized spacial score (nSPS) is 26.5. The van der Waals surface area contributed by atoms with Gasteiger partial charge in [-0.2, -0.15) is 0 Å². The summed E-state index contributed by atoms with van der Waals surface area (Å²) >= 11 is 0. The van der Waals surface area contributed by atoms with Gasteiger partial charge >= 0.3 is 0 Å². The van der Waals surface area contributed by atoms with Crippen molar-refractivity contribution in [1.82, 2.24) is 10.6 Å². The van der Waals surface area contributed by atoms with Crippen LogP contribution in [0.15, 0.2) is 12.2 Å². The van der Waals surface area contributed by atoms with Gasteiger partial charge in [0, 0.05) is 19.3 Å². The maximum absolute atomic E-state index is 13.3. The zero-order valence-corrected chi connectivity index (χ0v) is 25.0. The first kappa shape index (κ1) is 34.7. The van der Waals surface area contributed by atoms with Crippen LogP contribution in [0.2, 0.25) is 0 Å². The quantitative estimate of drug-likeness (QED) is 0.211. The molecular formula is C32H59N3O3. The molecule has 6 nitrogen and oxygen atoms in total. The molecule has 0 aromatic rings. The van der Waals surface area contributed by atoms with Crippen molar-refractivity contribution in [3.05, 3.63) is 12.2 Å². The second kappa shape index (κ2) is 20.5. The minimum atomic E-state index is -0.495. The zero-order valence-electron chi connectivity index (χ0n) is 25.0. The number of allylic oxidation sites excluding steroid dienone is 2. The highest BCUT2D eigenvalue weighted by Gasteiger charge is 2.32. The first-order valence-corrected chi connectivity index (χ1v) is 15.6. The van der Waals surface area contributed by atoms with E-state index in [0.29, 0.717) is 31.6 Å². The highest BCUT2D eigenvalue weighted by atomic mass is 16.1. The van der Waals surface area contributed by atoms with Gasteiger partial charge in [0.05, 0.1) is 11.1 Å². The Labute approximate surface area is 233 Å². The van der Waals surface area contributed by atoms with Crippen LogP contribution < -0.4 is 16.4 Å². The fourth-order valence-corrected chi connectivity index (χ4v) is 5.41. The van der Waals surface area contributed by atoms with E-state index in [-0.39, 0.29) is 11.6 Å². The first-order chi connectivity index (χ1) is 18.2. The van der Waals surface area contributed by atoms with Gasteiger partial charge in [-0.25, -0.2) is 0 Å². The topological polar surface area (TPSA) is 101 Å². The molecular weight excluding hydrogens is 474 g/mol. The molecule has 0 saturated heterocycles. The summed E-state index contributed by atoms with van der Waals surface area (Å²) in [6.07, 6.45) is 22.7. The number of hydrogen-bond donors (Lipinski definition) is 3. The number of unbranched alkanes of at least 4 members (excludes halogenated alkanes) is 3. The maximum Gasteiger partial charge on any atom is 0.153 e. The molecule has 1 aliphatic rings. The number of carbonyl (C=O) groups excluding carboxylic acids is 3. The Balaban J connectivity index is 2.63. The highest BCUT2D eigenvalue weighted by Crippen LogP contribution is 2.22. The summed E-state index contributed by atoms with van der Waals surface area (Å²) in [6, 6.07) is 0. The molecule has 6 heteroatoms. The monoisotopic (exact) mass is 533 g/mol. The Bertz CT molecular complexity index is 708. The predicted octanol–water partition coefficient (Wildman–Crippen LogP) is 6.35. The molecule has 0 bridgehead atoms. The van der Waals surface area contributed by atoms with Gasteiger partial charge in [-0.3, -0.25) is 9.59 Å². The molecule has 0 saturated carbocycles. The van der Waals surface area contributed by atoms with E-state index >= 15 is 0 Å². The third kappa shape index (κ3) is 15.3. The molecule has 0 aromatic heterocycles. The summed E-state index contributed by atoms with van der Waals surface area (Å²) in [5, 5.41) is 7.18. The van der Waals surface area contributed by atoms with Gasteiger partial charge in [0.15, 0.2) is 11.6 Å². The fraction of sp³-hybridized carbons (Fsp3) is 0.844.